The number of hydrogen-bond acceptors (Lipinski definition) is 5. The van der Waals surface area contributed by atoms with Gasteiger partial charge in [0.15, 0.2) is 0 Å². The summed E-state index contributed by atoms with van der Waals surface area (Å²) in [5.41, 5.74) is 1.17. The number of rotatable bonds is 5. The molecule has 0 aromatic heterocycles. The van der Waals surface area contributed by atoms with Gasteiger partial charge in [-0.2, -0.15) is 0 Å². The van der Waals surface area contributed by atoms with Gasteiger partial charge in [0.25, 0.3) is 11.4 Å². The number of nitro benzene ring substituents is 2. The van der Waals surface area contributed by atoms with E-state index in [4.69, 9.17) is 0 Å². The highest BCUT2D eigenvalue weighted by atomic mass is 79.9. The largest absolute Gasteiger partial charge is 0.381 e. The Morgan fingerprint density at radius 3 is 2.29 bits per heavy atom. The van der Waals surface area contributed by atoms with Crippen molar-refractivity contribution in [3.8, 4) is 0 Å². The van der Waals surface area contributed by atoms with Gasteiger partial charge in [-0.1, -0.05) is 18.2 Å². The van der Waals surface area contributed by atoms with Crippen LogP contribution < -0.4 is 5.32 Å². The summed E-state index contributed by atoms with van der Waals surface area (Å²) >= 11 is 3.12. The third-order valence-corrected chi connectivity index (χ3v) is 3.45. The van der Waals surface area contributed by atoms with Crippen molar-refractivity contribution in [3.05, 3.63) is 72.7 Å². The fourth-order valence-corrected chi connectivity index (χ4v) is 2.32. The maximum Gasteiger partial charge on any atom is 0.283 e. The van der Waals surface area contributed by atoms with Crippen molar-refractivity contribution >= 4 is 33.0 Å². The highest BCUT2D eigenvalue weighted by Gasteiger charge is 2.14. The van der Waals surface area contributed by atoms with E-state index < -0.39 is 9.85 Å². The van der Waals surface area contributed by atoms with Crippen molar-refractivity contribution in [2.45, 2.75) is 6.54 Å². The zero-order valence-corrected chi connectivity index (χ0v) is 12.2. The Kier molecular flexibility index (Phi) is 4.49. The van der Waals surface area contributed by atoms with Crippen molar-refractivity contribution in [1.29, 1.82) is 0 Å². The Balaban J connectivity index is 2.16. The molecule has 8 heteroatoms. The van der Waals surface area contributed by atoms with E-state index in [0.717, 1.165) is 0 Å². The number of nitrogens with one attached hydrogen (secondary N) is 1. The maximum absolute atomic E-state index is 10.9. The van der Waals surface area contributed by atoms with Crippen LogP contribution in [0.3, 0.4) is 0 Å². The third-order valence-electron chi connectivity index (χ3n) is 2.82. The first kappa shape index (κ1) is 14.9. The minimum Gasteiger partial charge on any atom is -0.381 e. The third kappa shape index (κ3) is 3.54. The number of hydrogen-bond donors (Lipinski definition) is 1. The van der Waals surface area contributed by atoms with Gasteiger partial charge in [-0.3, -0.25) is 20.2 Å². The molecule has 21 heavy (non-hydrogen) atoms. The van der Waals surface area contributed by atoms with Crippen LogP contribution in [-0.2, 0) is 6.54 Å². The predicted octanol–water partition coefficient (Wildman–Crippen LogP) is 3.88. The second kappa shape index (κ2) is 6.31. The summed E-state index contributed by atoms with van der Waals surface area (Å²) < 4.78 is 0.347. The summed E-state index contributed by atoms with van der Waals surface area (Å²) in [5, 5.41) is 24.6. The minimum atomic E-state index is -0.490. The van der Waals surface area contributed by atoms with Crippen molar-refractivity contribution in [2.24, 2.45) is 0 Å². The van der Waals surface area contributed by atoms with Crippen molar-refractivity contribution in [3.63, 3.8) is 0 Å². The summed E-state index contributed by atoms with van der Waals surface area (Å²) in [6.45, 7) is 0.251. The molecule has 0 radical (unpaired) electrons. The zero-order valence-electron chi connectivity index (χ0n) is 10.7. The molecule has 2 rings (SSSR count). The van der Waals surface area contributed by atoms with E-state index in [9.17, 15) is 20.2 Å². The van der Waals surface area contributed by atoms with Gasteiger partial charge >= 0.3 is 0 Å². The first-order valence-corrected chi connectivity index (χ1v) is 6.68. The van der Waals surface area contributed by atoms with Crippen LogP contribution in [-0.4, -0.2) is 9.85 Å². The lowest BCUT2D eigenvalue weighted by Gasteiger charge is -2.07. The summed E-state index contributed by atoms with van der Waals surface area (Å²) in [6, 6.07) is 10.9. The van der Waals surface area contributed by atoms with Gasteiger partial charge in [-0.05, 0) is 28.1 Å². The maximum atomic E-state index is 10.9. The molecule has 0 spiro atoms. The SMILES string of the molecule is O=[N+]([O-])c1ccc(NCc2ccccc2[N+](=O)[O-])cc1Br. The van der Waals surface area contributed by atoms with E-state index >= 15 is 0 Å². The van der Waals surface area contributed by atoms with Crippen molar-refractivity contribution < 1.29 is 9.85 Å². The second-order valence-electron chi connectivity index (χ2n) is 4.16. The Bertz CT molecular complexity index is 706. The molecule has 2 aromatic rings. The van der Waals surface area contributed by atoms with Crippen LogP contribution in [0.4, 0.5) is 17.1 Å². The molecule has 7 nitrogen and oxygen atoms in total. The van der Waals surface area contributed by atoms with Crippen LogP contribution in [0.15, 0.2) is 46.9 Å². The number of nitro groups is 2. The van der Waals surface area contributed by atoms with Gasteiger partial charge in [0.2, 0.25) is 0 Å². The molecule has 0 fully saturated rings. The summed E-state index contributed by atoms with van der Waals surface area (Å²) in [4.78, 5) is 20.7. The van der Waals surface area contributed by atoms with Crippen molar-refractivity contribution in [2.75, 3.05) is 5.32 Å². The van der Waals surface area contributed by atoms with Crippen molar-refractivity contribution in [1.82, 2.24) is 0 Å². The van der Waals surface area contributed by atoms with Gasteiger partial charge in [-0.15, -0.1) is 0 Å². The van der Waals surface area contributed by atoms with Crippen LogP contribution in [0, 0.1) is 20.2 Å². The fraction of sp³-hybridized carbons (Fsp3) is 0.0769. The van der Waals surface area contributed by atoms with Gasteiger partial charge in [0, 0.05) is 29.9 Å². The van der Waals surface area contributed by atoms with Crippen LogP contribution >= 0.6 is 15.9 Å². The summed E-state index contributed by atoms with van der Waals surface area (Å²) in [5.74, 6) is 0. The van der Waals surface area contributed by atoms with E-state index in [1.54, 1.807) is 30.3 Å². The van der Waals surface area contributed by atoms with Gasteiger partial charge in [0.05, 0.1) is 14.3 Å². The lowest BCUT2D eigenvalue weighted by atomic mass is 10.1. The minimum absolute atomic E-state index is 0.0333. The molecule has 1 N–H and O–H groups in total. The van der Waals surface area contributed by atoms with E-state index in [-0.39, 0.29) is 17.9 Å². The van der Waals surface area contributed by atoms with Gasteiger partial charge in [0.1, 0.15) is 0 Å². The number of anilines is 1. The number of halogens is 1. The first-order chi connectivity index (χ1) is 9.99. The quantitative estimate of drug-likeness (QED) is 0.650. The molecule has 0 aliphatic carbocycles. The molecule has 0 saturated heterocycles. The smallest absolute Gasteiger partial charge is 0.283 e. The van der Waals surface area contributed by atoms with Crippen LogP contribution in [0.2, 0.25) is 0 Å². The topological polar surface area (TPSA) is 98.3 Å². The molecule has 0 aliphatic rings. The lowest BCUT2D eigenvalue weighted by molar-refractivity contribution is -0.385. The summed E-state index contributed by atoms with van der Waals surface area (Å²) in [6.07, 6.45) is 0. The second-order valence-corrected chi connectivity index (χ2v) is 5.02. The molecule has 2 aromatic carbocycles. The molecule has 0 saturated carbocycles. The summed E-state index contributed by atoms with van der Waals surface area (Å²) in [7, 11) is 0. The Morgan fingerprint density at radius 2 is 1.67 bits per heavy atom. The monoisotopic (exact) mass is 351 g/mol. The zero-order chi connectivity index (χ0) is 15.4. The van der Waals surface area contributed by atoms with Crippen LogP contribution in [0.1, 0.15) is 5.56 Å². The average Bonchev–Trinajstić information content (AvgIpc) is 2.45. The molecule has 0 bridgehead atoms. The molecule has 0 aliphatic heterocycles. The molecular weight excluding hydrogens is 342 g/mol. The standard InChI is InChI=1S/C13H10BrN3O4/c14-11-7-10(5-6-13(11)17(20)21)15-8-9-3-1-2-4-12(9)16(18)19/h1-7,15H,8H2. The lowest BCUT2D eigenvalue weighted by Crippen LogP contribution is -2.03. The number of para-hydroxylation sites is 1. The molecule has 108 valence electrons. The fourth-order valence-electron chi connectivity index (χ4n) is 1.80. The Labute approximate surface area is 128 Å². The van der Waals surface area contributed by atoms with Gasteiger partial charge in [-0.25, -0.2) is 0 Å². The van der Waals surface area contributed by atoms with Crippen LogP contribution in [0.25, 0.3) is 0 Å². The normalized spacial score (nSPS) is 10.1. The number of nitrogens with zero attached hydrogens (tertiary/aromatic N) is 2. The highest BCUT2D eigenvalue weighted by Crippen LogP contribution is 2.28. The van der Waals surface area contributed by atoms with Crippen LogP contribution in [0.5, 0.6) is 0 Å². The van der Waals surface area contributed by atoms with E-state index in [1.165, 1.54) is 12.1 Å². The molecule has 0 amide bonds. The first-order valence-electron chi connectivity index (χ1n) is 5.89. The Morgan fingerprint density at radius 1 is 1.00 bits per heavy atom. The van der Waals surface area contributed by atoms with E-state index in [1.807, 2.05) is 0 Å². The average molecular weight is 352 g/mol. The van der Waals surface area contributed by atoms with Gasteiger partial charge < -0.3 is 5.32 Å². The molecule has 0 atom stereocenters. The van der Waals surface area contributed by atoms with E-state index in [0.29, 0.717) is 15.7 Å². The number of benzene rings is 2. The highest BCUT2D eigenvalue weighted by molar-refractivity contribution is 9.10. The molecular formula is C13H10BrN3O4. The Hall–Kier alpha value is -2.48. The van der Waals surface area contributed by atoms with E-state index in [2.05, 4.69) is 21.2 Å². The molecule has 0 heterocycles. The predicted molar refractivity (Wildman–Crippen MR) is 81.2 cm³/mol. The molecule has 0 unspecified atom stereocenters.